The van der Waals surface area contributed by atoms with Crippen molar-refractivity contribution in [2.75, 3.05) is 0 Å². The minimum Gasteiger partial charge on any atom is -0.368 e. The number of nitrogens with one attached hydrogen (secondary N) is 1. The van der Waals surface area contributed by atoms with Crippen LogP contribution in [0.25, 0.3) is 0 Å². The van der Waals surface area contributed by atoms with Crippen LogP contribution in [-0.2, 0) is 11.2 Å². The summed E-state index contributed by atoms with van der Waals surface area (Å²) in [5.74, 6) is -1.71. The summed E-state index contributed by atoms with van der Waals surface area (Å²) in [5.41, 5.74) is 6.32. The smallest absolute Gasteiger partial charge is 0.252 e. The van der Waals surface area contributed by atoms with E-state index >= 15 is 0 Å². The lowest BCUT2D eigenvalue weighted by Crippen LogP contribution is -2.45. The van der Waals surface area contributed by atoms with Crippen LogP contribution in [0.1, 0.15) is 15.9 Å². The first-order chi connectivity index (χ1) is 10.5. The van der Waals surface area contributed by atoms with Crippen molar-refractivity contribution in [3.05, 3.63) is 69.9 Å². The third-order valence-corrected chi connectivity index (χ3v) is 3.56. The van der Waals surface area contributed by atoms with Crippen molar-refractivity contribution in [1.82, 2.24) is 5.32 Å². The first-order valence-corrected chi connectivity index (χ1v) is 7.35. The van der Waals surface area contributed by atoms with Crippen molar-refractivity contribution >= 4 is 27.7 Å². The minimum atomic E-state index is -0.870. The van der Waals surface area contributed by atoms with Crippen LogP contribution >= 0.6 is 15.9 Å². The van der Waals surface area contributed by atoms with Crippen molar-refractivity contribution < 1.29 is 14.0 Å². The lowest BCUT2D eigenvalue weighted by atomic mass is 10.0. The Morgan fingerprint density at radius 3 is 2.55 bits per heavy atom. The second-order valence-electron chi connectivity index (χ2n) is 4.77. The topological polar surface area (TPSA) is 72.2 Å². The number of nitrogens with two attached hydrogens (primary N) is 1. The molecule has 0 aliphatic rings. The molecule has 0 bridgehead atoms. The molecule has 0 radical (unpaired) electrons. The highest BCUT2D eigenvalue weighted by molar-refractivity contribution is 9.10. The van der Waals surface area contributed by atoms with E-state index in [0.717, 1.165) is 16.1 Å². The van der Waals surface area contributed by atoms with Crippen LogP contribution in [0.4, 0.5) is 4.39 Å². The average molecular weight is 365 g/mol. The number of carbonyl (C=O) groups excluding carboxylic acids is 2. The van der Waals surface area contributed by atoms with Gasteiger partial charge in [-0.3, -0.25) is 9.59 Å². The van der Waals surface area contributed by atoms with Gasteiger partial charge in [0.05, 0.1) is 0 Å². The predicted octanol–water partition coefficient (Wildman–Crippen LogP) is 2.41. The molecule has 0 unspecified atom stereocenters. The van der Waals surface area contributed by atoms with E-state index in [-0.39, 0.29) is 12.0 Å². The quantitative estimate of drug-likeness (QED) is 0.854. The summed E-state index contributed by atoms with van der Waals surface area (Å²) < 4.78 is 14.0. The fourth-order valence-corrected chi connectivity index (χ4v) is 2.44. The molecule has 114 valence electrons. The molecule has 2 aromatic rings. The van der Waals surface area contributed by atoms with Crippen molar-refractivity contribution in [2.24, 2.45) is 5.73 Å². The number of halogens is 2. The molecule has 4 nitrogen and oxygen atoms in total. The average Bonchev–Trinajstić information content (AvgIpc) is 2.46. The molecule has 0 saturated heterocycles. The van der Waals surface area contributed by atoms with Gasteiger partial charge in [-0.15, -0.1) is 0 Å². The van der Waals surface area contributed by atoms with Crippen molar-refractivity contribution in [3.63, 3.8) is 0 Å². The van der Waals surface area contributed by atoms with Gasteiger partial charge >= 0.3 is 0 Å². The van der Waals surface area contributed by atoms with Crippen LogP contribution in [0, 0.1) is 5.82 Å². The van der Waals surface area contributed by atoms with E-state index < -0.39 is 23.7 Å². The van der Waals surface area contributed by atoms with E-state index in [0.29, 0.717) is 0 Å². The molecule has 1 atom stereocenters. The molecule has 0 aliphatic heterocycles. The lowest BCUT2D eigenvalue weighted by Gasteiger charge is -2.16. The largest absolute Gasteiger partial charge is 0.368 e. The molecule has 2 amide bonds. The maximum Gasteiger partial charge on any atom is 0.252 e. The molecule has 0 aliphatic carbocycles. The Kier molecular flexibility index (Phi) is 5.27. The second kappa shape index (κ2) is 7.17. The van der Waals surface area contributed by atoms with Gasteiger partial charge < -0.3 is 11.1 Å². The fraction of sp³-hybridized carbons (Fsp3) is 0.125. The SMILES string of the molecule is NC(=O)[C@H](Cc1cccc(Br)c1)NC(=O)c1cccc(F)c1. The van der Waals surface area contributed by atoms with Gasteiger partial charge in [-0.05, 0) is 35.9 Å². The summed E-state index contributed by atoms with van der Waals surface area (Å²) in [6, 6.07) is 11.7. The molecule has 3 N–H and O–H groups in total. The predicted molar refractivity (Wildman–Crippen MR) is 84.7 cm³/mol. The highest BCUT2D eigenvalue weighted by Gasteiger charge is 2.19. The van der Waals surface area contributed by atoms with Crippen molar-refractivity contribution in [3.8, 4) is 0 Å². The fourth-order valence-electron chi connectivity index (χ4n) is 1.99. The number of benzene rings is 2. The summed E-state index contributed by atoms with van der Waals surface area (Å²) in [7, 11) is 0. The van der Waals surface area contributed by atoms with Gasteiger partial charge in [0.2, 0.25) is 5.91 Å². The zero-order valence-corrected chi connectivity index (χ0v) is 13.1. The Balaban J connectivity index is 2.12. The molecule has 0 spiro atoms. The summed E-state index contributed by atoms with van der Waals surface area (Å²) >= 11 is 3.34. The zero-order chi connectivity index (χ0) is 16.1. The van der Waals surface area contributed by atoms with Crippen molar-refractivity contribution in [2.45, 2.75) is 12.5 Å². The number of amides is 2. The number of rotatable bonds is 5. The molecule has 0 fully saturated rings. The van der Waals surface area contributed by atoms with E-state index in [9.17, 15) is 14.0 Å². The molecule has 2 aromatic carbocycles. The van der Waals surface area contributed by atoms with Gasteiger partial charge in [0.1, 0.15) is 11.9 Å². The molecular weight excluding hydrogens is 351 g/mol. The Morgan fingerprint density at radius 2 is 1.91 bits per heavy atom. The second-order valence-corrected chi connectivity index (χ2v) is 5.69. The molecule has 0 saturated carbocycles. The third-order valence-electron chi connectivity index (χ3n) is 3.06. The van der Waals surface area contributed by atoms with Gasteiger partial charge in [0.25, 0.3) is 5.91 Å². The van der Waals surface area contributed by atoms with E-state index in [1.807, 2.05) is 24.3 Å². The number of hydrogen-bond donors (Lipinski definition) is 2. The summed E-state index contributed by atoms with van der Waals surface area (Å²) in [6.45, 7) is 0. The van der Waals surface area contributed by atoms with Crippen LogP contribution < -0.4 is 11.1 Å². The molecule has 2 rings (SSSR count). The molecule has 6 heteroatoms. The van der Waals surface area contributed by atoms with Gasteiger partial charge in [-0.1, -0.05) is 34.1 Å². The van der Waals surface area contributed by atoms with E-state index in [1.165, 1.54) is 18.2 Å². The van der Waals surface area contributed by atoms with Gasteiger partial charge in [-0.25, -0.2) is 4.39 Å². The Bertz CT molecular complexity index is 706. The lowest BCUT2D eigenvalue weighted by molar-refractivity contribution is -0.119. The van der Waals surface area contributed by atoms with Crippen LogP contribution in [0.3, 0.4) is 0 Å². The minimum absolute atomic E-state index is 0.139. The Hall–Kier alpha value is -2.21. The maximum atomic E-state index is 13.1. The Labute approximate surface area is 135 Å². The summed E-state index contributed by atoms with van der Waals surface area (Å²) in [4.78, 5) is 23.6. The molecule has 22 heavy (non-hydrogen) atoms. The Morgan fingerprint density at radius 1 is 1.18 bits per heavy atom. The molecular formula is C16H14BrFN2O2. The number of carbonyl (C=O) groups is 2. The van der Waals surface area contributed by atoms with Gasteiger partial charge in [0.15, 0.2) is 0 Å². The van der Waals surface area contributed by atoms with Gasteiger partial charge in [0, 0.05) is 16.5 Å². The standard InChI is InChI=1S/C16H14BrFN2O2/c17-12-5-1-3-10(7-12)8-14(15(19)21)20-16(22)11-4-2-6-13(18)9-11/h1-7,9,14H,8H2,(H2,19,21)(H,20,22)/t14-/m0/s1. The maximum absolute atomic E-state index is 13.1. The highest BCUT2D eigenvalue weighted by atomic mass is 79.9. The number of hydrogen-bond acceptors (Lipinski definition) is 2. The van der Waals surface area contributed by atoms with Crippen LogP contribution in [0.2, 0.25) is 0 Å². The van der Waals surface area contributed by atoms with Crippen LogP contribution in [0.5, 0.6) is 0 Å². The van der Waals surface area contributed by atoms with Gasteiger partial charge in [-0.2, -0.15) is 0 Å². The van der Waals surface area contributed by atoms with Crippen LogP contribution in [-0.4, -0.2) is 17.9 Å². The monoisotopic (exact) mass is 364 g/mol. The molecule has 0 heterocycles. The molecule has 0 aromatic heterocycles. The zero-order valence-electron chi connectivity index (χ0n) is 11.6. The van der Waals surface area contributed by atoms with E-state index in [2.05, 4.69) is 21.2 Å². The summed E-state index contributed by atoms with van der Waals surface area (Å²) in [5, 5.41) is 2.53. The van der Waals surface area contributed by atoms with E-state index in [1.54, 1.807) is 0 Å². The first-order valence-electron chi connectivity index (χ1n) is 6.56. The third kappa shape index (κ3) is 4.39. The highest BCUT2D eigenvalue weighted by Crippen LogP contribution is 2.13. The number of primary amides is 1. The first kappa shape index (κ1) is 16.2. The summed E-state index contributed by atoms with van der Waals surface area (Å²) in [6.07, 6.45) is 0.260. The van der Waals surface area contributed by atoms with E-state index in [4.69, 9.17) is 5.73 Å². The van der Waals surface area contributed by atoms with Crippen molar-refractivity contribution in [1.29, 1.82) is 0 Å². The van der Waals surface area contributed by atoms with Crippen LogP contribution in [0.15, 0.2) is 53.0 Å². The normalized spacial score (nSPS) is 11.7.